The Morgan fingerprint density at radius 1 is 1.50 bits per heavy atom. The van der Waals surface area contributed by atoms with Gasteiger partial charge in [0.1, 0.15) is 17.2 Å². The van der Waals surface area contributed by atoms with E-state index in [9.17, 15) is 9.18 Å². The third-order valence-electron chi connectivity index (χ3n) is 2.19. The second kappa shape index (κ2) is 3.90. The van der Waals surface area contributed by atoms with E-state index in [1.54, 1.807) is 0 Å². The molecule has 0 fully saturated rings. The van der Waals surface area contributed by atoms with Gasteiger partial charge in [-0.25, -0.2) is 14.4 Å². The van der Waals surface area contributed by atoms with Gasteiger partial charge in [-0.05, 0) is 12.1 Å². The maximum absolute atomic E-state index is 12.9. The lowest BCUT2D eigenvalue weighted by Crippen LogP contribution is -2.25. The maximum Gasteiger partial charge on any atom is 0.297 e. The summed E-state index contributed by atoms with van der Waals surface area (Å²) in [6, 6.07) is 2.79. The number of aromatic nitrogens is 2. The molecule has 0 bridgehead atoms. The fraction of sp³-hybridized carbons (Fsp3) is 0.200. The summed E-state index contributed by atoms with van der Waals surface area (Å²) in [6.45, 7) is 0. The Labute approximate surface area is 91.0 Å². The largest absolute Gasteiger partial charge is 0.303 e. The number of imidazole rings is 1. The number of halogens is 1. The summed E-state index contributed by atoms with van der Waals surface area (Å²) in [7, 11) is 2.86. The maximum atomic E-state index is 12.9. The third-order valence-corrected chi connectivity index (χ3v) is 2.19. The second-order valence-electron chi connectivity index (χ2n) is 3.22. The van der Waals surface area contributed by atoms with Crippen LogP contribution in [0.15, 0.2) is 24.5 Å². The van der Waals surface area contributed by atoms with Crippen molar-refractivity contribution in [2.45, 2.75) is 0 Å². The van der Waals surface area contributed by atoms with Crippen molar-refractivity contribution < 1.29 is 14.0 Å². The Kier molecular flexibility index (Phi) is 2.57. The Bertz CT molecular complexity index is 538. The normalized spacial score (nSPS) is 10.7. The highest BCUT2D eigenvalue weighted by molar-refractivity contribution is 5.91. The number of amides is 1. The van der Waals surface area contributed by atoms with Crippen molar-refractivity contribution in [1.29, 1.82) is 0 Å². The van der Waals surface area contributed by atoms with Crippen LogP contribution in [0.1, 0.15) is 10.5 Å². The van der Waals surface area contributed by atoms with Crippen LogP contribution in [0.2, 0.25) is 0 Å². The molecule has 0 spiro atoms. The molecular weight excluding hydrogens is 213 g/mol. The van der Waals surface area contributed by atoms with Crippen LogP contribution in [0.5, 0.6) is 0 Å². The molecule has 0 aliphatic heterocycles. The molecule has 0 saturated carbocycles. The van der Waals surface area contributed by atoms with E-state index in [0.29, 0.717) is 5.65 Å². The molecule has 0 radical (unpaired) electrons. The molecule has 0 unspecified atom stereocenters. The number of hydrogen-bond acceptors (Lipinski definition) is 3. The van der Waals surface area contributed by atoms with Crippen LogP contribution in [0.25, 0.3) is 5.65 Å². The first kappa shape index (κ1) is 10.6. The summed E-state index contributed by atoms with van der Waals surface area (Å²) in [4.78, 5) is 20.5. The smallest absolute Gasteiger partial charge is 0.297 e. The Morgan fingerprint density at radius 3 is 2.94 bits per heavy atom. The number of nitrogens with zero attached hydrogens (tertiary/aromatic N) is 3. The first-order valence-corrected chi connectivity index (χ1v) is 4.58. The van der Waals surface area contributed by atoms with E-state index in [2.05, 4.69) is 4.98 Å². The standard InChI is InChI=1S/C10H10FN3O2/c1-13(16-2)10(15)8-6-14-5-7(11)3-4-9(14)12-8/h3-6H,1-2H3. The molecule has 16 heavy (non-hydrogen) atoms. The molecule has 1 amide bonds. The Morgan fingerprint density at radius 2 is 2.25 bits per heavy atom. The molecule has 0 saturated heterocycles. The first-order chi connectivity index (χ1) is 7.61. The average molecular weight is 223 g/mol. The zero-order valence-corrected chi connectivity index (χ0v) is 8.85. The van der Waals surface area contributed by atoms with Gasteiger partial charge in [0.05, 0.1) is 7.11 Å². The summed E-state index contributed by atoms with van der Waals surface area (Å²) < 4.78 is 14.4. The van der Waals surface area contributed by atoms with E-state index in [4.69, 9.17) is 4.84 Å². The third kappa shape index (κ3) is 1.74. The minimum absolute atomic E-state index is 0.204. The second-order valence-corrected chi connectivity index (χ2v) is 3.22. The number of pyridine rings is 1. The lowest BCUT2D eigenvalue weighted by atomic mass is 10.4. The van der Waals surface area contributed by atoms with Crippen molar-refractivity contribution in [3.8, 4) is 0 Å². The number of fused-ring (bicyclic) bond motifs is 1. The predicted molar refractivity (Wildman–Crippen MR) is 54.3 cm³/mol. The van der Waals surface area contributed by atoms with Gasteiger partial charge in [-0.1, -0.05) is 0 Å². The van der Waals surface area contributed by atoms with Crippen LogP contribution < -0.4 is 0 Å². The van der Waals surface area contributed by atoms with E-state index >= 15 is 0 Å². The van der Waals surface area contributed by atoms with Gasteiger partial charge in [0, 0.05) is 19.4 Å². The minimum atomic E-state index is -0.385. The number of hydrogen-bond donors (Lipinski definition) is 0. The van der Waals surface area contributed by atoms with Crippen molar-refractivity contribution in [3.05, 3.63) is 36.0 Å². The monoisotopic (exact) mass is 223 g/mol. The highest BCUT2D eigenvalue weighted by Gasteiger charge is 2.15. The number of carbonyl (C=O) groups excluding carboxylic acids is 1. The van der Waals surface area contributed by atoms with Crippen LogP contribution in [-0.4, -0.2) is 34.5 Å². The highest BCUT2D eigenvalue weighted by atomic mass is 19.1. The summed E-state index contributed by atoms with van der Waals surface area (Å²) in [5.41, 5.74) is 0.712. The fourth-order valence-corrected chi connectivity index (χ4v) is 1.31. The molecule has 0 aromatic carbocycles. The van der Waals surface area contributed by atoms with Crippen LogP contribution in [0.3, 0.4) is 0 Å². The number of hydroxylamine groups is 2. The van der Waals surface area contributed by atoms with E-state index < -0.39 is 0 Å². The van der Waals surface area contributed by atoms with Gasteiger partial charge in [0.2, 0.25) is 0 Å². The van der Waals surface area contributed by atoms with Gasteiger partial charge >= 0.3 is 0 Å². The van der Waals surface area contributed by atoms with Crippen molar-refractivity contribution in [3.63, 3.8) is 0 Å². The summed E-state index contributed by atoms with van der Waals surface area (Å²) >= 11 is 0. The molecule has 2 aromatic heterocycles. The zero-order valence-electron chi connectivity index (χ0n) is 8.85. The van der Waals surface area contributed by atoms with Gasteiger partial charge in [-0.15, -0.1) is 0 Å². The lowest BCUT2D eigenvalue weighted by Gasteiger charge is -2.10. The summed E-state index contributed by atoms with van der Waals surface area (Å²) in [5.74, 6) is -0.768. The van der Waals surface area contributed by atoms with E-state index in [1.807, 2.05) is 0 Å². The van der Waals surface area contributed by atoms with Crippen molar-refractivity contribution >= 4 is 11.6 Å². The summed E-state index contributed by atoms with van der Waals surface area (Å²) in [6.07, 6.45) is 2.71. The van der Waals surface area contributed by atoms with Crippen LogP contribution >= 0.6 is 0 Å². The van der Waals surface area contributed by atoms with E-state index in [1.165, 1.54) is 43.1 Å². The predicted octanol–water partition coefficient (Wildman–Crippen LogP) is 1.11. The van der Waals surface area contributed by atoms with Gasteiger partial charge in [0.25, 0.3) is 5.91 Å². The molecule has 84 valence electrons. The van der Waals surface area contributed by atoms with Gasteiger partial charge < -0.3 is 4.40 Å². The van der Waals surface area contributed by atoms with E-state index in [-0.39, 0.29) is 17.4 Å². The highest BCUT2D eigenvalue weighted by Crippen LogP contribution is 2.08. The first-order valence-electron chi connectivity index (χ1n) is 4.58. The molecule has 2 aromatic rings. The lowest BCUT2D eigenvalue weighted by molar-refractivity contribution is -0.0760. The molecule has 5 nitrogen and oxygen atoms in total. The Balaban J connectivity index is 2.43. The quantitative estimate of drug-likeness (QED) is 0.716. The Hall–Kier alpha value is -1.95. The molecular formula is C10H10FN3O2. The molecule has 2 rings (SSSR count). The average Bonchev–Trinajstić information content (AvgIpc) is 2.69. The van der Waals surface area contributed by atoms with Gasteiger partial charge in [0.15, 0.2) is 0 Å². The summed E-state index contributed by atoms with van der Waals surface area (Å²) in [5, 5.41) is 1.05. The van der Waals surface area contributed by atoms with Crippen LogP contribution in [0.4, 0.5) is 4.39 Å². The van der Waals surface area contributed by atoms with Crippen molar-refractivity contribution in [2.24, 2.45) is 0 Å². The molecule has 2 heterocycles. The van der Waals surface area contributed by atoms with Gasteiger partial charge in [-0.3, -0.25) is 9.63 Å². The molecule has 0 N–H and O–H groups in total. The molecule has 6 heteroatoms. The number of carbonyl (C=O) groups is 1. The number of rotatable bonds is 2. The molecule has 0 aliphatic carbocycles. The minimum Gasteiger partial charge on any atom is -0.303 e. The SMILES string of the molecule is CON(C)C(=O)c1cn2cc(F)ccc2n1. The molecule has 0 atom stereocenters. The van der Waals surface area contributed by atoms with E-state index in [0.717, 1.165) is 5.06 Å². The molecule has 0 aliphatic rings. The fourth-order valence-electron chi connectivity index (χ4n) is 1.31. The van der Waals surface area contributed by atoms with Crippen molar-refractivity contribution in [1.82, 2.24) is 14.4 Å². The topological polar surface area (TPSA) is 46.8 Å². The van der Waals surface area contributed by atoms with Gasteiger partial charge in [-0.2, -0.15) is 0 Å². The van der Waals surface area contributed by atoms with Crippen LogP contribution in [-0.2, 0) is 4.84 Å². The van der Waals surface area contributed by atoms with Crippen molar-refractivity contribution in [2.75, 3.05) is 14.2 Å². The zero-order chi connectivity index (χ0) is 11.7. The van der Waals surface area contributed by atoms with Crippen LogP contribution in [0, 0.1) is 5.82 Å².